The van der Waals surface area contributed by atoms with Crippen LogP contribution in [0.15, 0.2) is 66.1 Å². The molecule has 7 heteroatoms. The Balaban J connectivity index is 1.63. The molecule has 0 saturated heterocycles. The summed E-state index contributed by atoms with van der Waals surface area (Å²) in [5.41, 5.74) is 1.92. The zero-order valence-corrected chi connectivity index (χ0v) is 14.6. The van der Waals surface area contributed by atoms with E-state index in [2.05, 4.69) is 10.3 Å². The van der Waals surface area contributed by atoms with E-state index >= 15 is 0 Å². The molecule has 0 saturated carbocycles. The van der Waals surface area contributed by atoms with E-state index in [-0.39, 0.29) is 11.7 Å². The number of halogens is 1. The van der Waals surface area contributed by atoms with Crippen molar-refractivity contribution in [2.24, 2.45) is 0 Å². The van der Waals surface area contributed by atoms with Crippen LogP contribution in [0.3, 0.4) is 0 Å². The molecule has 0 radical (unpaired) electrons. The summed E-state index contributed by atoms with van der Waals surface area (Å²) in [6.07, 6.45) is 3.56. The third-order valence-electron chi connectivity index (χ3n) is 3.35. The van der Waals surface area contributed by atoms with E-state index in [4.69, 9.17) is 16.9 Å². The molecule has 1 amide bonds. The molecule has 0 aliphatic carbocycles. The number of para-hydroxylation sites is 1. The maximum atomic E-state index is 12.1. The average molecular weight is 369 g/mol. The Bertz CT molecular complexity index is 934. The van der Waals surface area contributed by atoms with Crippen molar-refractivity contribution in [1.82, 2.24) is 9.55 Å². The molecule has 0 bridgehead atoms. The first kappa shape index (κ1) is 17.1. The van der Waals surface area contributed by atoms with Gasteiger partial charge in [-0.15, -0.1) is 0 Å². The van der Waals surface area contributed by atoms with Gasteiger partial charge in [-0.25, -0.2) is 4.98 Å². The number of thioether (sulfide) groups is 1. The summed E-state index contributed by atoms with van der Waals surface area (Å²) in [6.45, 7) is 0. The maximum absolute atomic E-state index is 12.1. The number of anilines is 1. The molecule has 0 unspecified atom stereocenters. The highest BCUT2D eigenvalue weighted by atomic mass is 35.5. The molecule has 0 atom stereocenters. The highest BCUT2D eigenvalue weighted by Crippen LogP contribution is 2.22. The van der Waals surface area contributed by atoms with E-state index in [1.807, 2.05) is 47.2 Å². The van der Waals surface area contributed by atoms with Gasteiger partial charge in [-0.1, -0.05) is 41.6 Å². The van der Waals surface area contributed by atoms with Crippen LogP contribution in [0.25, 0.3) is 5.69 Å². The number of nitrogens with one attached hydrogen (secondary N) is 1. The first-order valence-corrected chi connectivity index (χ1v) is 8.75. The number of nitriles is 1. The van der Waals surface area contributed by atoms with Crippen molar-refractivity contribution in [3.05, 3.63) is 71.5 Å². The average Bonchev–Trinajstić information content (AvgIpc) is 3.09. The number of hydrogen-bond acceptors (Lipinski definition) is 4. The fraction of sp³-hybridized carbons (Fsp3) is 0.0556. The Kier molecular flexibility index (Phi) is 5.39. The van der Waals surface area contributed by atoms with E-state index in [0.29, 0.717) is 16.3 Å². The predicted molar refractivity (Wildman–Crippen MR) is 99.1 cm³/mol. The quantitative estimate of drug-likeness (QED) is 0.687. The van der Waals surface area contributed by atoms with Gasteiger partial charge in [0.15, 0.2) is 5.16 Å². The molecule has 124 valence electrons. The molecule has 1 N–H and O–H groups in total. The predicted octanol–water partition coefficient (Wildman–Crippen LogP) is 4.13. The van der Waals surface area contributed by atoms with Gasteiger partial charge in [0, 0.05) is 23.8 Å². The lowest BCUT2D eigenvalue weighted by Gasteiger charge is -2.08. The van der Waals surface area contributed by atoms with E-state index < -0.39 is 0 Å². The van der Waals surface area contributed by atoms with Crippen LogP contribution in [-0.2, 0) is 4.79 Å². The Morgan fingerprint density at radius 3 is 2.80 bits per heavy atom. The number of hydrogen-bond donors (Lipinski definition) is 1. The summed E-state index contributed by atoms with van der Waals surface area (Å²) < 4.78 is 1.93. The molecule has 2 aromatic carbocycles. The molecule has 1 heterocycles. The van der Waals surface area contributed by atoms with Gasteiger partial charge in [-0.3, -0.25) is 9.36 Å². The van der Waals surface area contributed by atoms with Crippen molar-refractivity contribution in [3.63, 3.8) is 0 Å². The molecule has 0 fully saturated rings. The van der Waals surface area contributed by atoms with Crippen LogP contribution in [0.1, 0.15) is 5.56 Å². The maximum Gasteiger partial charge on any atom is 0.234 e. The fourth-order valence-electron chi connectivity index (χ4n) is 2.19. The molecule has 25 heavy (non-hydrogen) atoms. The molecular formula is C18H13ClN4OS. The summed E-state index contributed by atoms with van der Waals surface area (Å²) in [5, 5.41) is 12.7. The highest BCUT2D eigenvalue weighted by molar-refractivity contribution is 7.99. The Morgan fingerprint density at radius 1 is 1.28 bits per heavy atom. The minimum absolute atomic E-state index is 0.173. The van der Waals surface area contributed by atoms with Crippen molar-refractivity contribution < 1.29 is 4.79 Å². The molecule has 3 aromatic rings. The zero-order valence-electron chi connectivity index (χ0n) is 13.0. The van der Waals surface area contributed by atoms with Crippen LogP contribution >= 0.6 is 23.4 Å². The number of carbonyl (C=O) groups excluding carboxylic acids is 1. The van der Waals surface area contributed by atoms with E-state index in [0.717, 1.165) is 10.8 Å². The fourth-order valence-corrected chi connectivity index (χ4v) is 3.19. The summed E-state index contributed by atoms with van der Waals surface area (Å²) in [7, 11) is 0. The van der Waals surface area contributed by atoms with Gasteiger partial charge in [0.25, 0.3) is 0 Å². The number of nitrogens with zero attached hydrogens (tertiary/aromatic N) is 3. The molecule has 0 aliphatic rings. The first-order chi connectivity index (χ1) is 12.2. The van der Waals surface area contributed by atoms with Gasteiger partial charge < -0.3 is 5.32 Å². The minimum Gasteiger partial charge on any atom is -0.325 e. The lowest BCUT2D eigenvalue weighted by atomic mass is 10.2. The van der Waals surface area contributed by atoms with E-state index in [1.165, 1.54) is 11.8 Å². The van der Waals surface area contributed by atoms with Crippen LogP contribution in [0, 0.1) is 11.3 Å². The third kappa shape index (κ3) is 4.21. The second-order valence-corrected chi connectivity index (χ2v) is 6.41. The van der Waals surface area contributed by atoms with Crippen molar-refractivity contribution in [1.29, 1.82) is 5.26 Å². The van der Waals surface area contributed by atoms with Crippen molar-refractivity contribution >= 4 is 35.0 Å². The monoisotopic (exact) mass is 368 g/mol. The number of benzene rings is 2. The van der Waals surface area contributed by atoms with E-state index in [1.54, 1.807) is 24.4 Å². The molecule has 1 aromatic heterocycles. The van der Waals surface area contributed by atoms with Crippen LogP contribution in [0.2, 0.25) is 5.02 Å². The van der Waals surface area contributed by atoms with Gasteiger partial charge in [-0.2, -0.15) is 5.26 Å². The Labute approximate surface area is 154 Å². The topological polar surface area (TPSA) is 70.7 Å². The number of amides is 1. The second-order valence-electron chi connectivity index (χ2n) is 5.06. The molecule has 3 rings (SSSR count). The van der Waals surface area contributed by atoms with Crippen molar-refractivity contribution in [3.8, 4) is 11.8 Å². The van der Waals surface area contributed by atoms with Crippen molar-refractivity contribution in [2.75, 3.05) is 11.1 Å². The van der Waals surface area contributed by atoms with Gasteiger partial charge in [0.2, 0.25) is 5.91 Å². The Hall–Kier alpha value is -2.75. The Morgan fingerprint density at radius 2 is 2.08 bits per heavy atom. The highest BCUT2D eigenvalue weighted by Gasteiger charge is 2.10. The number of carbonyl (C=O) groups is 1. The summed E-state index contributed by atoms with van der Waals surface area (Å²) in [6, 6.07) is 16.6. The van der Waals surface area contributed by atoms with E-state index in [9.17, 15) is 4.79 Å². The largest absolute Gasteiger partial charge is 0.325 e. The lowest BCUT2D eigenvalue weighted by Crippen LogP contribution is -2.14. The van der Waals surface area contributed by atoms with Gasteiger partial charge >= 0.3 is 0 Å². The molecule has 0 spiro atoms. The van der Waals surface area contributed by atoms with Crippen LogP contribution in [-0.4, -0.2) is 21.2 Å². The van der Waals surface area contributed by atoms with Crippen LogP contribution in [0.4, 0.5) is 5.69 Å². The number of rotatable bonds is 5. The smallest absolute Gasteiger partial charge is 0.234 e. The molecule has 0 aliphatic heterocycles. The SMILES string of the molecule is N#Cc1ccc(NC(=O)CSc2nccn2-c2ccccc2)cc1Cl. The summed E-state index contributed by atoms with van der Waals surface area (Å²) >= 11 is 7.31. The molecular weight excluding hydrogens is 356 g/mol. The first-order valence-electron chi connectivity index (χ1n) is 7.38. The van der Waals surface area contributed by atoms with Gasteiger partial charge in [0.1, 0.15) is 6.07 Å². The van der Waals surface area contributed by atoms with Crippen molar-refractivity contribution in [2.45, 2.75) is 5.16 Å². The van der Waals surface area contributed by atoms with Gasteiger partial charge in [0.05, 0.1) is 16.3 Å². The zero-order chi connectivity index (χ0) is 17.6. The number of imidazole rings is 1. The summed E-state index contributed by atoms with van der Waals surface area (Å²) in [5.74, 6) is 0.0370. The standard InChI is InChI=1S/C18H13ClN4OS/c19-16-10-14(7-6-13(16)11-20)22-17(24)12-25-18-21-8-9-23(18)15-4-2-1-3-5-15/h1-10H,12H2,(H,22,24). The minimum atomic E-state index is -0.173. The van der Waals surface area contributed by atoms with Crippen LogP contribution < -0.4 is 5.32 Å². The third-order valence-corrected chi connectivity index (χ3v) is 4.63. The normalized spacial score (nSPS) is 10.2. The number of aromatic nitrogens is 2. The lowest BCUT2D eigenvalue weighted by molar-refractivity contribution is -0.113. The molecule has 5 nitrogen and oxygen atoms in total. The second kappa shape index (κ2) is 7.88. The van der Waals surface area contributed by atoms with Gasteiger partial charge in [-0.05, 0) is 30.3 Å². The van der Waals surface area contributed by atoms with Crippen LogP contribution in [0.5, 0.6) is 0 Å². The summed E-state index contributed by atoms with van der Waals surface area (Å²) in [4.78, 5) is 16.4.